The number of esters is 1. The number of hydrogen-bond acceptors (Lipinski definition) is 4. The summed E-state index contributed by atoms with van der Waals surface area (Å²) in [5.74, 6) is -2.01. The van der Waals surface area contributed by atoms with Gasteiger partial charge in [-0.25, -0.2) is 4.79 Å². The summed E-state index contributed by atoms with van der Waals surface area (Å²) < 4.78 is 5.27. The molecule has 0 aliphatic rings. The van der Waals surface area contributed by atoms with Crippen molar-refractivity contribution in [2.45, 2.75) is 65.0 Å². The Morgan fingerprint density at radius 3 is 2.38 bits per heavy atom. The number of carboxylic acids is 1. The van der Waals surface area contributed by atoms with Crippen molar-refractivity contribution in [2.24, 2.45) is 5.92 Å². The zero-order chi connectivity index (χ0) is 19.4. The summed E-state index contributed by atoms with van der Waals surface area (Å²) in [6, 6.07) is 8.26. The third kappa shape index (κ3) is 8.14. The molecule has 0 heterocycles. The minimum absolute atomic E-state index is 0.0128. The van der Waals surface area contributed by atoms with Crippen molar-refractivity contribution in [2.75, 3.05) is 0 Å². The normalized spacial score (nSPS) is 12.8. The van der Waals surface area contributed by atoms with Gasteiger partial charge in [-0.2, -0.15) is 0 Å². The van der Waals surface area contributed by atoms with E-state index in [1.807, 2.05) is 37.3 Å². The SMILES string of the molecule is CCCCC(CC)C(=O)N[C@H](CCC(=O)O)C(=O)OCc1ccccc1. The molecule has 0 radical (unpaired) electrons. The van der Waals surface area contributed by atoms with Crippen molar-refractivity contribution in [3.8, 4) is 0 Å². The van der Waals surface area contributed by atoms with E-state index in [1.165, 1.54) is 0 Å². The Kier molecular flexibility index (Phi) is 10.1. The molecule has 1 aromatic rings. The van der Waals surface area contributed by atoms with Crippen LogP contribution in [0.15, 0.2) is 30.3 Å². The van der Waals surface area contributed by atoms with E-state index in [4.69, 9.17) is 9.84 Å². The van der Waals surface area contributed by atoms with Crippen molar-refractivity contribution >= 4 is 17.8 Å². The zero-order valence-corrected chi connectivity index (χ0v) is 15.6. The molecule has 0 spiro atoms. The molecule has 1 unspecified atom stereocenters. The fourth-order valence-corrected chi connectivity index (χ4v) is 2.61. The molecule has 0 aromatic heterocycles. The average Bonchev–Trinajstić information content (AvgIpc) is 2.64. The molecule has 0 bridgehead atoms. The monoisotopic (exact) mass is 363 g/mol. The van der Waals surface area contributed by atoms with Crippen LogP contribution in [0, 0.1) is 5.92 Å². The lowest BCUT2D eigenvalue weighted by atomic mass is 9.97. The van der Waals surface area contributed by atoms with Crippen LogP contribution in [-0.4, -0.2) is 29.0 Å². The molecule has 1 amide bonds. The molecule has 6 heteroatoms. The van der Waals surface area contributed by atoms with Crippen molar-refractivity contribution in [3.05, 3.63) is 35.9 Å². The topological polar surface area (TPSA) is 92.7 Å². The molecule has 1 aromatic carbocycles. The molecule has 1 rings (SSSR count). The molecule has 0 aliphatic heterocycles. The summed E-state index contributed by atoms with van der Waals surface area (Å²) in [4.78, 5) is 35.7. The molecular weight excluding hydrogens is 334 g/mol. The Balaban J connectivity index is 2.68. The third-order valence-corrected chi connectivity index (χ3v) is 4.24. The van der Waals surface area contributed by atoms with E-state index in [2.05, 4.69) is 12.2 Å². The van der Waals surface area contributed by atoms with Gasteiger partial charge in [0.2, 0.25) is 5.91 Å². The molecule has 26 heavy (non-hydrogen) atoms. The number of ether oxygens (including phenoxy) is 1. The minimum atomic E-state index is -1.02. The highest BCUT2D eigenvalue weighted by molar-refractivity contribution is 5.86. The van der Waals surface area contributed by atoms with Crippen LogP contribution >= 0.6 is 0 Å². The summed E-state index contributed by atoms with van der Waals surface area (Å²) in [5.41, 5.74) is 0.832. The van der Waals surface area contributed by atoms with Gasteiger partial charge >= 0.3 is 11.9 Å². The molecule has 144 valence electrons. The number of aliphatic carboxylic acids is 1. The molecule has 2 N–H and O–H groups in total. The van der Waals surface area contributed by atoms with Gasteiger partial charge in [-0.15, -0.1) is 0 Å². The van der Waals surface area contributed by atoms with Crippen LogP contribution in [0.3, 0.4) is 0 Å². The lowest BCUT2D eigenvalue weighted by Gasteiger charge is -2.21. The largest absolute Gasteiger partial charge is 0.481 e. The molecular formula is C20H29NO5. The number of unbranched alkanes of at least 4 members (excludes halogenated alkanes) is 1. The average molecular weight is 363 g/mol. The molecule has 2 atom stereocenters. The van der Waals surface area contributed by atoms with Gasteiger partial charge in [0.25, 0.3) is 0 Å². The van der Waals surface area contributed by atoms with Crippen molar-refractivity contribution in [3.63, 3.8) is 0 Å². The predicted octanol–water partition coefficient (Wildman–Crippen LogP) is 3.30. The summed E-state index contributed by atoms with van der Waals surface area (Å²) in [7, 11) is 0. The second kappa shape index (κ2) is 12.1. The van der Waals surface area contributed by atoms with E-state index < -0.39 is 18.0 Å². The number of benzene rings is 1. The number of nitrogens with one attached hydrogen (secondary N) is 1. The number of carbonyl (C=O) groups is 3. The van der Waals surface area contributed by atoms with Crippen LogP contribution in [0.2, 0.25) is 0 Å². The van der Waals surface area contributed by atoms with Gasteiger partial charge in [-0.05, 0) is 24.8 Å². The fourth-order valence-electron chi connectivity index (χ4n) is 2.61. The first-order valence-electron chi connectivity index (χ1n) is 9.20. The Labute approximate surface area is 154 Å². The Morgan fingerprint density at radius 2 is 1.81 bits per heavy atom. The van der Waals surface area contributed by atoms with Gasteiger partial charge in [0.05, 0.1) is 0 Å². The molecule has 6 nitrogen and oxygen atoms in total. The second-order valence-corrected chi connectivity index (χ2v) is 6.33. The van der Waals surface area contributed by atoms with Crippen LogP contribution in [0.4, 0.5) is 0 Å². The first kappa shape index (κ1) is 21.7. The lowest BCUT2D eigenvalue weighted by Crippen LogP contribution is -2.44. The quantitative estimate of drug-likeness (QED) is 0.556. The fraction of sp³-hybridized carbons (Fsp3) is 0.550. The van der Waals surface area contributed by atoms with Crippen molar-refractivity contribution in [1.29, 1.82) is 0 Å². The standard InChI is InChI=1S/C20H29NO5/c1-3-5-11-16(4-2)19(24)21-17(12-13-18(22)23)20(25)26-14-15-9-7-6-8-10-15/h6-10,16-17H,3-5,11-14H2,1-2H3,(H,21,24)(H,22,23)/t16?,17-/m1/s1. The summed E-state index contributed by atoms with van der Waals surface area (Å²) in [6.45, 7) is 4.08. The van der Waals surface area contributed by atoms with Gasteiger partial charge in [0.15, 0.2) is 0 Å². The number of amides is 1. The number of hydrogen-bond donors (Lipinski definition) is 2. The minimum Gasteiger partial charge on any atom is -0.481 e. The van der Waals surface area contributed by atoms with E-state index >= 15 is 0 Å². The van der Waals surface area contributed by atoms with Crippen molar-refractivity contribution in [1.82, 2.24) is 5.32 Å². The van der Waals surface area contributed by atoms with Gasteiger partial charge in [0, 0.05) is 12.3 Å². The Bertz CT molecular complexity index is 573. The van der Waals surface area contributed by atoms with Crippen LogP contribution in [0.1, 0.15) is 57.9 Å². The summed E-state index contributed by atoms with van der Waals surface area (Å²) in [6.07, 6.45) is 3.16. The van der Waals surface area contributed by atoms with E-state index in [1.54, 1.807) is 0 Å². The maximum absolute atomic E-state index is 12.4. The van der Waals surface area contributed by atoms with Crippen LogP contribution < -0.4 is 5.32 Å². The van der Waals surface area contributed by atoms with Gasteiger partial charge in [0.1, 0.15) is 12.6 Å². The molecule has 0 saturated carbocycles. The number of carbonyl (C=O) groups excluding carboxylic acids is 2. The predicted molar refractivity (Wildman–Crippen MR) is 98.3 cm³/mol. The Hall–Kier alpha value is -2.37. The first-order chi connectivity index (χ1) is 12.5. The van der Waals surface area contributed by atoms with E-state index in [0.29, 0.717) is 6.42 Å². The van der Waals surface area contributed by atoms with Crippen molar-refractivity contribution < 1.29 is 24.2 Å². The summed E-state index contributed by atoms with van der Waals surface area (Å²) in [5, 5.41) is 11.6. The van der Waals surface area contributed by atoms with Crippen LogP contribution in [0.5, 0.6) is 0 Å². The van der Waals surface area contributed by atoms with Gasteiger partial charge in [-0.3, -0.25) is 9.59 Å². The van der Waals surface area contributed by atoms with E-state index in [9.17, 15) is 14.4 Å². The molecule has 0 fully saturated rings. The third-order valence-electron chi connectivity index (χ3n) is 4.24. The first-order valence-corrected chi connectivity index (χ1v) is 9.20. The second-order valence-electron chi connectivity index (χ2n) is 6.33. The highest BCUT2D eigenvalue weighted by Crippen LogP contribution is 2.14. The summed E-state index contributed by atoms with van der Waals surface area (Å²) >= 11 is 0. The van der Waals surface area contributed by atoms with Crippen LogP contribution in [0.25, 0.3) is 0 Å². The van der Waals surface area contributed by atoms with Gasteiger partial charge in [-0.1, -0.05) is 57.0 Å². The maximum atomic E-state index is 12.4. The Morgan fingerprint density at radius 1 is 1.12 bits per heavy atom. The van der Waals surface area contributed by atoms with E-state index in [0.717, 1.165) is 24.8 Å². The van der Waals surface area contributed by atoms with Gasteiger partial charge < -0.3 is 15.2 Å². The smallest absolute Gasteiger partial charge is 0.328 e. The molecule has 0 aliphatic carbocycles. The maximum Gasteiger partial charge on any atom is 0.328 e. The zero-order valence-electron chi connectivity index (χ0n) is 15.6. The highest BCUT2D eigenvalue weighted by Gasteiger charge is 2.26. The molecule has 0 saturated heterocycles. The van der Waals surface area contributed by atoms with E-state index in [-0.39, 0.29) is 31.3 Å². The number of carboxylic acid groups (broad SMARTS) is 1. The lowest BCUT2D eigenvalue weighted by molar-refractivity contribution is -0.150. The van der Waals surface area contributed by atoms with Crippen LogP contribution in [-0.2, 0) is 25.7 Å². The highest BCUT2D eigenvalue weighted by atomic mass is 16.5. The number of rotatable bonds is 12.